The molecule has 0 saturated carbocycles. The number of H-pyrrole nitrogens is 1. The third-order valence-corrected chi connectivity index (χ3v) is 1.78. The van der Waals surface area contributed by atoms with Crippen molar-refractivity contribution in [2.45, 2.75) is 13.2 Å². The number of hydrogen-bond acceptors (Lipinski definition) is 2. The monoisotopic (exact) mass is 140 g/mol. The molecule has 0 radical (unpaired) electrons. The van der Waals surface area contributed by atoms with Crippen LogP contribution in [-0.2, 0) is 25.0 Å². The van der Waals surface area contributed by atoms with Gasteiger partial charge in [0.25, 0.3) is 5.56 Å². The molecule has 54 valence electrons. The molecule has 0 spiro atoms. The van der Waals surface area contributed by atoms with Gasteiger partial charge >= 0.3 is 0 Å². The second-order valence-corrected chi connectivity index (χ2v) is 2.42. The predicted octanol–water partition coefficient (Wildman–Crippen LogP) is -0.256. The topological polar surface area (TPSA) is 47.0 Å². The van der Waals surface area contributed by atoms with Gasteiger partial charge in [0, 0.05) is 7.05 Å². The van der Waals surface area contributed by atoms with Crippen LogP contribution in [0.4, 0.5) is 0 Å². The molecule has 0 saturated heterocycles. The van der Waals surface area contributed by atoms with E-state index < -0.39 is 0 Å². The lowest BCUT2D eigenvalue weighted by Crippen LogP contribution is -2.06. The van der Waals surface area contributed by atoms with E-state index in [-0.39, 0.29) is 5.56 Å². The fourth-order valence-corrected chi connectivity index (χ4v) is 1.20. The summed E-state index contributed by atoms with van der Waals surface area (Å²) in [5.41, 5.74) is 1.74. The van der Waals surface area contributed by atoms with Crippen molar-refractivity contribution in [3.8, 4) is 0 Å². The molecule has 10 heavy (non-hydrogen) atoms. The van der Waals surface area contributed by atoms with E-state index in [0.717, 1.165) is 11.3 Å². The van der Waals surface area contributed by atoms with E-state index in [9.17, 15) is 4.79 Å². The largest absolute Gasteiger partial charge is 0.370 e. The minimum Gasteiger partial charge on any atom is -0.370 e. The molecule has 0 aromatic carbocycles. The minimum atomic E-state index is -0.0185. The highest BCUT2D eigenvalue weighted by molar-refractivity contribution is 5.18. The fourth-order valence-electron chi connectivity index (χ4n) is 1.20. The van der Waals surface area contributed by atoms with Gasteiger partial charge in [0.15, 0.2) is 0 Å². The Morgan fingerprint density at radius 3 is 3.10 bits per heavy atom. The lowest BCUT2D eigenvalue weighted by molar-refractivity contribution is 0.129. The Balaban J connectivity index is 2.73. The average molecular weight is 140 g/mol. The molecule has 0 bridgehead atoms. The van der Waals surface area contributed by atoms with Crippen molar-refractivity contribution in [3.63, 3.8) is 0 Å². The normalized spacial score (nSPS) is 15.7. The van der Waals surface area contributed by atoms with Crippen LogP contribution in [0.1, 0.15) is 11.3 Å². The van der Waals surface area contributed by atoms with Crippen LogP contribution in [0.3, 0.4) is 0 Å². The SMILES string of the molecule is Cn1[nH]c(=O)c2c1COC2. The highest BCUT2D eigenvalue weighted by atomic mass is 16.5. The van der Waals surface area contributed by atoms with Crippen molar-refractivity contribution in [1.82, 2.24) is 9.78 Å². The maximum Gasteiger partial charge on any atom is 0.269 e. The smallest absolute Gasteiger partial charge is 0.269 e. The number of aromatic nitrogens is 2. The van der Waals surface area contributed by atoms with Crippen LogP contribution in [0.25, 0.3) is 0 Å². The van der Waals surface area contributed by atoms with E-state index in [0.29, 0.717) is 13.2 Å². The average Bonchev–Trinajstić information content (AvgIpc) is 2.39. The Labute approximate surface area is 57.4 Å². The molecule has 0 atom stereocenters. The lowest BCUT2D eigenvalue weighted by atomic mass is 10.3. The Bertz CT molecular complexity index is 310. The second-order valence-electron chi connectivity index (χ2n) is 2.42. The zero-order valence-corrected chi connectivity index (χ0v) is 5.68. The van der Waals surface area contributed by atoms with Crippen molar-refractivity contribution in [2.75, 3.05) is 0 Å². The van der Waals surface area contributed by atoms with Crippen LogP contribution in [0, 0.1) is 0 Å². The molecule has 2 rings (SSSR count). The molecule has 1 aliphatic heterocycles. The van der Waals surface area contributed by atoms with E-state index in [1.165, 1.54) is 0 Å². The number of hydrogen-bond donors (Lipinski definition) is 1. The van der Waals surface area contributed by atoms with E-state index in [2.05, 4.69) is 5.10 Å². The van der Waals surface area contributed by atoms with Gasteiger partial charge in [0.1, 0.15) is 0 Å². The zero-order valence-electron chi connectivity index (χ0n) is 5.68. The third-order valence-electron chi connectivity index (χ3n) is 1.78. The molecule has 1 aromatic heterocycles. The summed E-state index contributed by atoms with van der Waals surface area (Å²) >= 11 is 0. The molecule has 0 fully saturated rings. The van der Waals surface area contributed by atoms with Crippen LogP contribution in [0.2, 0.25) is 0 Å². The molecule has 1 aromatic rings. The summed E-state index contributed by atoms with van der Waals surface area (Å²) in [6.45, 7) is 1.02. The molecular formula is C6H8N2O2. The van der Waals surface area contributed by atoms with Gasteiger partial charge in [0.2, 0.25) is 0 Å². The Morgan fingerprint density at radius 2 is 2.40 bits per heavy atom. The van der Waals surface area contributed by atoms with Gasteiger partial charge < -0.3 is 4.74 Å². The van der Waals surface area contributed by atoms with Crippen LogP contribution >= 0.6 is 0 Å². The van der Waals surface area contributed by atoms with Crippen molar-refractivity contribution in [3.05, 3.63) is 21.6 Å². The van der Waals surface area contributed by atoms with Crippen molar-refractivity contribution in [2.24, 2.45) is 7.05 Å². The molecule has 1 N–H and O–H groups in total. The summed E-state index contributed by atoms with van der Waals surface area (Å²) in [5, 5.41) is 2.66. The Hall–Kier alpha value is -1.03. The van der Waals surface area contributed by atoms with Crippen LogP contribution in [-0.4, -0.2) is 9.78 Å². The van der Waals surface area contributed by atoms with Crippen LogP contribution < -0.4 is 5.56 Å². The van der Waals surface area contributed by atoms with E-state index in [4.69, 9.17) is 4.74 Å². The summed E-state index contributed by atoms with van der Waals surface area (Å²) in [6, 6.07) is 0. The van der Waals surface area contributed by atoms with Crippen LogP contribution in [0.5, 0.6) is 0 Å². The Morgan fingerprint density at radius 1 is 1.60 bits per heavy atom. The summed E-state index contributed by atoms with van der Waals surface area (Å²) in [6.07, 6.45) is 0. The van der Waals surface area contributed by atoms with Crippen LogP contribution in [0.15, 0.2) is 4.79 Å². The second kappa shape index (κ2) is 1.73. The fraction of sp³-hybridized carbons (Fsp3) is 0.500. The highest BCUT2D eigenvalue weighted by Crippen LogP contribution is 2.13. The molecular weight excluding hydrogens is 132 g/mol. The number of nitrogens with one attached hydrogen (secondary N) is 1. The highest BCUT2D eigenvalue weighted by Gasteiger charge is 2.18. The van der Waals surface area contributed by atoms with Gasteiger partial charge in [0.05, 0.1) is 24.5 Å². The van der Waals surface area contributed by atoms with Gasteiger partial charge in [-0.25, -0.2) is 0 Å². The lowest BCUT2D eigenvalue weighted by Gasteiger charge is -1.93. The van der Waals surface area contributed by atoms with Gasteiger partial charge in [-0.3, -0.25) is 14.6 Å². The maximum absolute atomic E-state index is 11.0. The van der Waals surface area contributed by atoms with E-state index in [1.807, 2.05) is 7.05 Å². The molecule has 4 nitrogen and oxygen atoms in total. The van der Waals surface area contributed by atoms with E-state index >= 15 is 0 Å². The Kier molecular flexibility index (Phi) is 0.990. The molecule has 0 amide bonds. The summed E-state index contributed by atoms with van der Waals surface area (Å²) in [5.74, 6) is 0. The van der Waals surface area contributed by atoms with Crippen molar-refractivity contribution in [1.29, 1.82) is 0 Å². The molecule has 1 aliphatic rings. The molecule has 0 aliphatic carbocycles. The number of nitrogens with zero attached hydrogens (tertiary/aromatic N) is 1. The first-order chi connectivity index (χ1) is 4.79. The number of aryl methyl sites for hydroxylation is 1. The molecule has 0 unspecified atom stereocenters. The van der Waals surface area contributed by atoms with Crippen molar-refractivity contribution >= 4 is 0 Å². The number of rotatable bonds is 0. The van der Waals surface area contributed by atoms with Gasteiger partial charge in [-0.05, 0) is 0 Å². The zero-order chi connectivity index (χ0) is 7.14. The molecule has 2 heterocycles. The van der Waals surface area contributed by atoms with Gasteiger partial charge in [-0.15, -0.1) is 0 Å². The first kappa shape index (κ1) is 5.73. The minimum absolute atomic E-state index is 0.0185. The summed E-state index contributed by atoms with van der Waals surface area (Å²) in [7, 11) is 1.81. The molecule has 4 heteroatoms. The first-order valence-electron chi connectivity index (χ1n) is 3.13. The third kappa shape index (κ3) is 0.565. The standard InChI is InChI=1S/C6H8N2O2/c1-8-5-3-10-2-4(5)6(9)7-8/h2-3H2,1H3,(H,7,9). The van der Waals surface area contributed by atoms with E-state index in [1.54, 1.807) is 4.68 Å². The number of fused-ring (bicyclic) bond motifs is 1. The van der Waals surface area contributed by atoms with Gasteiger partial charge in [-0.1, -0.05) is 0 Å². The van der Waals surface area contributed by atoms with Gasteiger partial charge in [-0.2, -0.15) is 0 Å². The maximum atomic E-state index is 11.0. The van der Waals surface area contributed by atoms with Crippen molar-refractivity contribution < 1.29 is 4.74 Å². The number of aromatic amines is 1. The summed E-state index contributed by atoms with van der Waals surface area (Å²) in [4.78, 5) is 11.0. The first-order valence-corrected chi connectivity index (χ1v) is 3.13. The quantitative estimate of drug-likeness (QED) is 0.540. The number of ether oxygens (including phenoxy) is 1. The summed E-state index contributed by atoms with van der Waals surface area (Å²) < 4.78 is 6.79. The predicted molar refractivity (Wildman–Crippen MR) is 34.5 cm³/mol.